The molecule has 0 saturated carbocycles. The van der Waals surface area contributed by atoms with Crippen molar-refractivity contribution in [3.05, 3.63) is 52.9 Å². The van der Waals surface area contributed by atoms with E-state index in [2.05, 4.69) is 9.97 Å². The molecule has 1 heterocycles. The molecule has 0 radical (unpaired) electrons. The molecule has 2 N–H and O–H groups in total. The molecule has 76 valence electrons. The van der Waals surface area contributed by atoms with Crippen LogP contribution in [0.4, 0.5) is 5.82 Å². The van der Waals surface area contributed by atoms with E-state index in [4.69, 9.17) is 17.3 Å². The molecular weight excluding hydrogens is 210 g/mol. The minimum atomic E-state index is 0.479. The minimum Gasteiger partial charge on any atom is -0.382 e. The highest BCUT2D eigenvalue weighted by molar-refractivity contribution is 6.30. The molecule has 0 fully saturated rings. The Labute approximate surface area is 92.9 Å². The Balaban J connectivity index is 2.22. The summed E-state index contributed by atoms with van der Waals surface area (Å²) in [7, 11) is 0. The number of nitrogens with zero attached hydrogens (tertiary/aromatic N) is 2. The van der Waals surface area contributed by atoms with E-state index in [0.717, 1.165) is 16.3 Å². The highest BCUT2D eigenvalue weighted by Gasteiger charge is 2.02. The van der Waals surface area contributed by atoms with Gasteiger partial charge in [-0.15, -0.1) is 0 Å². The average molecular weight is 220 g/mol. The molecule has 15 heavy (non-hydrogen) atoms. The minimum absolute atomic E-state index is 0.479. The van der Waals surface area contributed by atoms with Gasteiger partial charge in [-0.1, -0.05) is 23.7 Å². The van der Waals surface area contributed by atoms with Gasteiger partial charge in [-0.25, -0.2) is 4.98 Å². The first-order chi connectivity index (χ1) is 7.25. The Bertz CT molecular complexity index is 454. The fraction of sp³-hybridized carbons (Fsp3) is 0.0909. The Hall–Kier alpha value is -1.61. The van der Waals surface area contributed by atoms with Crippen molar-refractivity contribution in [1.29, 1.82) is 0 Å². The zero-order valence-electron chi connectivity index (χ0n) is 8.02. The molecular formula is C11H10ClN3. The second kappa shape index (κ2) is 4.28. The SMILES string of the molecule is Nc1nccnc1Cc1ccc(Cl)cc1. The normalized spacial score (nSPS) is 10.2. The van der Waals surface area contributed by atoms with Crippen LogP contribution >= 0.6 is 11.6 Å². The molecule has 0 amide bonds. The first-order valence-electron chi connectivity index (χ1n) is 4.55. The van der Waals surface area contributed by atoms with Gasteiger partial charge >= 0.3 is 0 Å². The summed E-state index contributed by atoms with van der Waals surface area (Å²) in [4.78, 5) is 8.16. The first-order valence-corrected chi connectivity index (χ1v) is 4.93. The van der Waals surface area contributed by atoms with E-state index in [1.54, 1.807) is 12.4 Å². The van der Waals surface area contributed by atoms with Crippen molar-refractivity contribution in [3.8, 4) is 0 Å². The van der Waals surface area contributed by atoms with Crippen LogP contribution in [0.25, 0.3) is 0 Å². The number of hydrogen-bond donors (Lipinski definition) is 1. The number of hydrogen-bond acceptors (Lipinski definition) is 3. The molecule has 4 heteroatoms. The fourth-order valence-electron chi connectivity index (χ4n) is 1.31. The molecule has 3 nitrogen and oxygen atoms in total. The quantitative estimate of drug-likeness (QED) is 0.843. The Morgan fingerprint density at radius 3 is 2.40 bits per heavy atom. The lowest BCUT2D eigenvalue weighted by atomic mass is 10.1. The lowest BCUT2D eigenvalue weighted by Gasteiger charge is -2.03. The number of rotatable bonds is 2. The van der Waals surface area contributed by atoms with Crippen molar-refractivity contribution < 1.29 is 0 Å². The van der Waals surface area contributed by atoms with Gasteiger partial charge < -0.3 is 5.73 Å². The average Bonchev–Trinajstić information content (AvgIpc) is 2.25. The largest absolute Gasteiger partial charge is 0.382 e. The summed E-state index contributed by atoms with van der Waals surface area (Å²) in [6.07, 6.45) is 3.90. The Morgan fingerprint density at radius 1 is 1.07 bits per heavy atom. The number of aromatic nitrogens is 2. The number of halogens is 1. The van der Waals surface area contributed by atoms with Crippen molar-refractivity contribution in [3.63, 3.8) is 0 Å². The second-order valence-electron chi connectivity index (χ2n) is 3.19. The molecule has 2 rings (SSSR count). The fourth-order valence-corrected chi connectivity index (χ4v) is 1.44. The topological polar surface area (TPSA) is 51.8 Å². The molecule has 0 bridgehead atoms. The van der Waals surface area contributed by atoms with Gasteiger partial charge in [-0.3, -0.25) is 4.98 Å². The maximum atomic E-state index is 5.79. The molecule has 0 aliphatic heterocycles. The van der Waals surface area contributed by atoms with E-state index < -0.39 is 0 Å². The predicted octanol–water partition coefficient (Wildman–Crippen LogP) is 2.30. The number of nitrogen functional groups attached to an aromatic ring is 1. The Morgan fingerprint density at radius 2 is 1.73 bits per heavy atom. The third-order valence-corrected chi connectivity index (χ3v) is 2.34. The van der Waals surface area contributed by atoms with Crippen molar-refractivity contribution in [2.24, 2.45) is 0 Å². The van der Waals surface area contributed by atoms with E-state index >= 15 is 0 Å². The van der Waals surface area contributed by atoms with Crippen molar-refractivity contribution in [2.75, 3.05) is 5.73 Å². The van der Waals surface area contributed by atoms with Crippen LogP contribution in [0.15, 0.2) is 36.7 Å². The molecule has 0 unspecified atom stereocenters. The second-order valence-corrected chi connectivity index (χ2v) is 3.63. The summed E-state index contributed by atoms with van der Waals surface area (Å²) in [5, 5.41) is 0.728. The third kappa shape index (κ3) is 2.44. The van der Waals surface area contributed by atoms with Crippen LogP contribution in [0, 0.1) is 0 Å². The molecule has 1 aromatic heterocycles. The third-order valence-electron chi connectivity index (χ3n) is 2.09. The smallest absolute Gasteiger partial charge is 0.145 e. The van der Waals surface area contributed by atoms with Crippen LogP contribution < -0.4 is 5.73 Å². The van der Waals surface area contributed by atoms with Crippen molar-refractivity contribution in [1.82, 2.24) is 9.97 Å². The van der Waals surface area contributed by atoms with Crippen LogP contribution in [0.3, 0.4) is 0 Å². The molecule has 1 aromatic carbocycles. The number of nitrogens with two attached hydrogens (primary N) is 1. The van der Waals surface area contributed by atoms with Gasteiger partial charge in [0.2, 0.25) is 0 Å². The van der Waals surface area contributed by atoms with E-state index in [1.165, 1.54) is 0 Å². The zero-order chi connectivity index (χ0) is 10.7. The molecule has 0 aliphatic rings. The van der Waals surface area contributed by atoms with Gasteiger partial charge in [0, 0.05) is 23.8 Å². The zero-order valence-corrected chi connectivity index (χ0v) is 8.78. The highest BCUT2D eigenvalue weighted by atomic mass is 35.5. The molecule has 0 spiro atoms. The van der Waals surface area contributed by atoms with Gasteiger partial charge in [0.05, 0.1) is 5.69 Å². The standard InChI is InChI=1S/C11H10ClN3/c12-9-3-1-8(2-4-9)7-10-11(13)15-6-5-14-10/h1-6H,7H2,(H2,13,15). The van der Waals surface area contributed by atoms with Crippen LogP contribution in [0.2, 0.25) is 5.02 Å². The molecule has 0 atom stereocenters. The summed E-state index contributed by atoms with van der Waals surface area (Å²) in [6.45, 7) is 0. The lowest BCUT2D eigenvalue weighted by Crippen LogP contribution is -2.00. The van der Waals surface area contributed by atoms with E-state index in [1.807, 2.05) is 24.3 Å². The van der Waals surface area contributed by atoms with Gasteiger partial charge in [0.1, 0.15) is 5.82 Å². The summed E-state index contributed by atoms with van der Waals surface area (Å²) < 4.78 is 0. The monoisotopic (exact) mass is 219 g/mol. The maximum Gasteiger partial charge on any atom is 0.145 e. The van der Waals surface area contributed by atoms with Crippen molar-refractivity contribution >= 4 is 17.4 Å². The van der Waals surface area contributed by atoms with Crippen LogP contribution in [0.1, 0.15) is 11.3 Å². The van der Waals surface area contributed by atoms with E-state index in [-0.39, 0.29) is 0 Å². The summed E-state index contributed by atoms with van der Waals surface area (Å²) >= 11 is 5.79. The number of benzene rings is 1. The lowest BCUT2D eigenvalue weighted by molar-refractivity contribution is 1.04. The molecule has 2 aromatic rings. The van der Waals surface area contributed by atoms with Gasteiger partial charge in [0.15, 0.2) is 0 Å². The molecule has 0 aliphatic carbocycles. The van der Waals surface area contributed by atoms with Crippen molar-refractivity contribution in [2.45, 2.75) is 6.42 Å². The highest BCUT2D eigenvalue weighted by Crippen LogP contribution is 2.14. The Kier molecular flexibility index (Phi) is 2.83. The van der Waals surface area contributed by atoms with Gasteiger partial charge in [-0.2, -0.15) is 0 Å². The van der Waals surface area contributed by atoms with E-state index in [9.17, 15) is 0 Å². The van der Waals surface area contributed by atoms with E-state index in [0.29, 0.717) is 12.2 Å². The maximum absolute atomic E-state index is 5.79. The number of anilines is 1. The summed E-state index contributed by atoms with van der Waals surface area (Å²) in [5.41, 5.74) is 7.61. The first kappa shape index (κ1) is 9.93. The summed E-state index contributed by atoms with van der Waals surface area (Å²) in [6, 6.07) is 7.61. The van der Waals surface area contributed by atoms with Gasteiger partial charge in [-0.05, 0) is 17.7 Å². The van der Waals surface area contributed by atoms with Gasteiger partial charge in [0.25, 0.3) is 0 Å². The van der Waals surface area contributed by atoms with Crippen LogP contribution in [-0.4, -0.2) is 9.97 Å². The van der Waals surface area contributed by atoms with Crippen LogP contribution in [0.5, 0.6) is 0 Å². The molecule has 0 saturated heterocycles. The predicted molar refractivity (Wildman–Crippen MR) is 60.7 cm³/mol. The van der Waals surface area contributed by atoms with Crippen LogP contribution in [-0.2, 0) is 6.42 Å². The summed E-state index contributed by atoms with van der Waals surface area (Å²) in [5.74, 6) is 0.479.